The zero-order valence-electron chi connectivity index (χ0n) is 9.45. The highest BCUT2D eigenvalue weighted by molar-refractivity contribution is 9.10. The van der Waals surface area contributed by atoms with Crippen LogP contribution in [0.3, 0.4) is 0 Å². The van der Waals surface area contributed by atoms with Gasteiger partial charge in [-0.15, -0.1) is 0 Å². The van der Waals surface area contributed by atoms with Crippen LogP contribution >= 0.6 is 27.5 Å². The third-order valence-corrected chi connectivity index (χ3v) is 3.09. The Hall–Kier alpha value is -1.04. The molecule has 0 bridgehead atoms. The minimum absolute atomic E-state index is 0.295. The van der Waals surface area contributed by atoms with Crippen LogP contribution in [0.15, 0.2) is 28.7 Å². The monoisotopic (exact) mass is 330 g/mol. The number of hydrogen-bond donors (Lipinski definition) is 0. The maximum Gasteiger partial charge on any atom is 0.162 e. The van der Waals surface area contributed by atoms with Gasteiger partial charge in [0.2, 0.25) is 0 Å². The first-order valence-corrected chi connectivity index (χ1v) is 6.25. The molecule has 2 aromatic rings. The van der Waals surface area contributed by atoms with Crippen molar-refractivity contribution in [3.63, 3.8) is 0 Å². The second-order valence-corrected chi connectivity index (χ2v) is 4.80. The van der Waals surface area contributed by atoms with Gasteiger partial charge in [0, 0.05) is 17.1 Å². The predicted octanol–water partition coefficient (Wildman–Crippen LogP) is 3.85. The molecule has 1 aromatic heterocycles. The molecule has 1 heterocycles. The Labute approximate surface area is 117 Å². The molecule has 2 rings (SSSR count). The topological polar surface area (TPSA) is 35.0 Å². The molecule has 0 saturated heterocycles. The van der Waals surface area contributed by atoms with Crippen LogP contribution in [0.4, 0.5) is 4.39 Å². The molecule has 0 radical (unpaired) electrons. The second kappa shape index (κ2) is 5.73. The summed E-state index contributed by atoms with van der Waals surface area (Å²) in [4.78, 5) is 8.37. The molecule has 0 aliphatic carbocycles. The first kappa shape index (κ1) is 13.4. The molecule has 0 aliphatic rings. The number of ether oxygens (including phenoxy) is 1. The van der Waals surface area contributed by atoms with Crippen molar-refractivity contribution in [1.82, 2.24) is 9.97 Å². The van der Waals surface area contributed by atoms with Gasteiger partial charge >= 0.3 is 0 Å². The quantitative estimate of drug-likeness (QED) is 0.801. The lowest BCUT2D eigenvalue weighted by Crippen LogP contribution is -1.98. The number of aromatic nitrogens is 2. The van der Waals surface area contributed by atoms with Crippen LogP contribution in [0, 0.1) is 5.82 Å². The fraction of sp³-hybridized carbons (Fsp3) is 0.167. The van der Waals surface area contributed by atoms with Gasteiger partial charge in [0.05, 0.1) is 12.3 Å². The number of halogens is 3. The van der Waals surface area contributed by atoms with E-state index in [0.717, 1.165) is 0 Å². The molecule has 0 aliphatic heterocycles. The third kappa shape index (κ3) is 3.04. The summed E-state index contributed by atoms with van der Waals surface area (Å²) >= 11 is 9.25. The lowest BCUT2D eigenvalue weighted by atomic mass is 10.2. The second-order valence-electron chi connectivity index (χ2n) is 3.56. The van der Waals surface area contributed by atoms with Crippen LogP contribution in [0.5, 0.6) is 0 Å². The third-order valence-electron chi connectivity index (χ3n) is 2.21. The molecule has 6 heteroatoms. The van der Waals surface area contributed by atoms with Gasteiger partial charge in [-0.2, -0.15) is 0 Å². The van der Waals surface area contributed by atoms with Crippen LogP contribution in [0.1, 0.15) is 5.69 Å². The van der Waals surface area contributed by atoms with Gasteiger partial charge in [-0.05, 0) is 24.3 Å². The normalized spacial score (nSPS) is 10.7. The average Bonchev–Trinajstić information content (AvgIpc) is 2.32. The standard InChI is InChI=1S/C12H9BrClFN2O/c1-18-6-8-5-11(14)17-12(16-8)9-4-7(15)2-3-10(9)13/h2-5H,6H2,1H3. The van der Waals surface area contributed by atoms with Crippen molar-refractivity contribution in [2.24, 2.45) is 0 Å². The summed E-state index contributed by atoms with van der Waals surface area (Å²) < 4.78 is 18.9. The zero-order chi connectivity index (χ0) is 13.1. The molecule has 0 unspecified atom stereocenters. The first-order valence-electron chi connectivity index (χ1n) is 5.08. The maximum absolute atomic E-state index is 13.2. The van der Waals surface area contributed by atoms with Crippen LogP contribution in [0.2, 0.25) is 5.15 Å². The number of hydrogen-bond acceptors (Lipinski definition) is 3. The van der Waals surface area contributed by atoms with Crippen LogP contribution < -0.4 is 0 Å². The summed E-state index contributed by atoms with van der Waals surface area (Å²) in [5.74, 6) is 0.00555. The van der Waals surface area contributed by atoms with E-state index in [-0.39, 0.29) is 5.82 Å². The molecule has 3 nitrogen and oxygen atoms in total. The van der Waals surface area contributed by atoms with Crippen LogP contribution in [0.25, 0.3) is 11.4 Å². The van der Waals surface area contributed by atoms with Gasteiger partial charge in [-0.1, -0.05) is 27.5 Å². The number of rotatable bonds is 3. The molecule has 0 amide bonds. The van der Waals surface area contributed by atoms with E-state index in [1.54, 1.807) is 19.2 Å². The molecule has 18 heavy (non-hydrogen) atoms. The molecule has 94 valence electrons. The molecular weight excluding hydrogens is 322 g/mol. The first-order chi connectivity index (χ1) is 8.60. The lowest BCUT2D eigenvalue weighted by molar-refractivity contribution is 0.181. The minimum atomic E-state index is -0.356. The van der Waals surface area contributed by atoms with Crippen molar-refractivity contribution in [3.05, 3.63) is 45.4 Å². The Bertz CT molecular complexity index is 580. The highest BCUT2D eigenvalue weighted by Gasteiger charge is 2.10. The molecule has 0 saturated carbocycles. The van der Waals surface area contributed by atoms with Crippen molar-refractivity contribution in [2.75, 3.05) is 7.11 Å². The summed E-state index contributed by atoms with van der Waals surface area (Å²) in [6.45, 7) is 0.322. The van der Waals surface area contributed by atoms with Crippen LogP contribution in [-0.2, 0) is 11.3 Å². The SMILES string of the molecule is COCc1cc(Cl)nc(-c2cc(F)ccc2Br)n1. The van der Waals surface area contributed by atoms with Gasteiger partial charge < -0.3 is 4.74 Å². The molecule has 0 atom stereocenters. The summed E-state index contributed by atoms with van der Waals surface area (Å²) in [5.41, 5.74) is 1.19. The molecular formula is C12H9BrClFN2O. The summed E-state index contributed by atoms with van der Waals surface area (Å²) in [7, 11) is 1.56. The van der Waals surface area contributed by atoms with Gasteiger partial charge in [0.1, 0.15) is 11.0 Å². The van der Waals surface area contributed by atoms with Gasteiger partial charge in [0.25, 0.3) is 0 Å². The Morgan fingerprint density at radius 2 is 2.11 bits per heavy atom. The Morgan fingerprint density at radius 3 is 2.83 bits per heavy atom. The smallest absolute Gasteiger partial charge is 0.162 e. The largest absolute Gasteiger partial charge is 0.378 e. The molecule has 1 aromatic carbocycles. The number of benzene rings is 1. The van der Waals surface area contributed by atoms with E-state index in [1.807, 2.05) is 0 Å². The van der Waals surface area contributed by atoms with E-state index in [9.17, 15) is 4.39 Å². The Kier molecular flexibility index (Phi) is 4.27. The lowest BCUT2D eigenvalue weighted by Gasteiger charge is -2.06. The van der Waals surface area contributed by atoms with E-state index in [0.29, 0.717) is 33.3 Å². The number of nitrogens with zero attached hydrogens (tertiary/aromatic N) is 2. The van der Waals surface area contributed by atoms with Crippen LogP contribution in [-0.4, -0.2) is 17.1 Å². The Morgan fingerprint density at radius 1 is 1.33 bits per heavy atom. The van der Waals surface area contributed by atoms with E-state index >= 15 is 0 Å². The summed E-state index contributed by atoms with van der Waals surface area (Å²) in [5, 5.41) is 0.295. The Balaban J connectivity index is 2.52. The number of methoxy groups -OCH3 is 1. The highest BCUT2D eigenvalue weighted by Crippen LogP contribution is 2.27. The fourth-order valence-corrected chi connectivity index (χ4v) is 2.11. The highest BCUT2D eigenvalue weighted by atomic mass is 79.9. The van der Waals surface area contributed by atoms with Gasteiger partial charge in [-0.25, -0.2) is 14.4 Å². The van der Waals surface area contributed by atoms with Crippen molar-refractivity contribution in [3.8, 4) is 11.4 Å². The average molecular weight is 332 g/mol. The minimum Gasteiger partial charge on any atom is -0.378 e. The van der Waals surface area contributed by atoms with Crippen molar-refractivity contribution < 1.29 is 9.13 Å². The summed E-state index contributed by atoms with van der Waals surface area (Å²) in [6.07, 6.45) is 0. The van der Waals surface area contributed by atoms with E-state index in [4.69, 9.17) is 16.3 Å². The molecule has 0 N–H and O–H groups in total. The fourth-order valence-electron chi connectivity index (χ4n) is 1.48. The van der Waals surface area contributed by atoms with Gasteiger partial charge in [-0.3, -0.25) is 0 Å². The molecule has 0 fully saturated rings. The zero-order valence-corrected chi connectivity index (χ0v) is 11.8. The predicted molar refractivity (Wildman–Crippen MR) is 70.8 cm³/mol. The van der Waals surface area contributed by atoms with Crippen molar-refractivity contribution >= 4 is 27.5 Å². The van der Waals surface area contributed by atoms with E-state index in [2.05, 4.69) is 25.9 Å². The maximum atomic E-state index is 13.2. The summed E-state index contributed by atoms with van der Waals surface area (Å²) in [6, 6.07) is 5.92. The van der Waals surface area contributed by atoms with Gasteiger partial charge in [0.15, 0.2) is 5.82 Å². The molecule has 0 spiro atoms. The van der Waals surface area contributed by atoms with E-state index < -0.39 is 0 Å². The van der Waals surface area contributed by atoms with Crippen molar-refractivity contribution in [1.29, 1.82) is 0 Å². The van der Waals surface area contributed by atoms with Crippen molar-refractivity contribution in [2.45, 2.75) is 6.61 Å². The van der Waals surface area contributed by atoms with E-state index in [1.165, 1.54) is 12.1 Å².